The van der Waals surface area contributed by atoms with E-state index in [0.717, 1.165) is 0 Å². The van der Waals surface area contributed by atoms with E-state index in [1.54, 1.807) is 31.4 Å². The molecule has 1 unspecified atom stereocenters. The summed E-state index contributed by atoms with van der Waals surface area (Å²) in [6.07, 6.45) is -1.08. The molecule has 1 atom stereocenters. The van der Waals surface area contributed by atoms with E-state index >= 15 is 0 Å². The average molecular weight is 460 g/mol. The van der Waals surface area contributed by atoms with Crippen molar-refractivity contribution in [1.29, 1.82) is 0 Å². The van der Waals surface area contributed by atoms with Gasteiger partial charge in [-0.2, -0.15) is 0 Å². The predicted octanol–water partition coefficient (Wildman–Crippen LogP) is 1.82. The first-order valence-corrected chi connectivity index (χ1v) is 10.7. The summed E-state index contributed by atoms with van der Waals surface area (Å²) in [6, 6.07) is 12.7. The monoisotopic (exact) mass is 459 g/mol. The van der Waals surface area contributed by atoms with Crippen molar-refractivity contribution in [1.82, 2.24) is 5.32 Å². The molecule has 9 nitrogen and oxygen atoms in total. The summed E-state index contributed by atoms with van der Waals surface area (Å²) in [7, 11) is 1.55. The predicted molar refractivity (Wildman–Crippen MR) is 121 cm³/mol. The molecule has 0 bridgehead atoms. The van der Waals surface area contributed by atoms with Gasteiger partial charge in [-0.3, -0.25) is 14.4 Å². The fourth-order valence-corrected chi connectivity index (χ4v) is 3.36. The van der Waals surface area contributed by atoms with Gasteiger partial charge in [0.1, 0.15) is 0 Å². The smallest absolute Gasteiger partial charge is 0.340 e. The zero-order chi connectivity index (χ0) is 23.5. The van der Waals surface area contributed by atoms with Crippen LogP contribution in [0.4, 0.5) is 5.69 Å². The Bertz CT molecular complexity index is 964. The molecule has 170 valence electrons. The number of ether oxygens (including phenoxy) is 2. The summed E-state index contributed by atoms with van der Waals surface area (Å²) in [5.74, 6) is -1.86. The van der Waals surface area contributed by atoms with E-state index in [4.69, 9.17) is 15.2 Å². The lowest BCUT2D eigenvalue weighted by Gasteiger charge is -2.15. The van der Waals surface area contributed by atoms with Crippen molar-refractivity contribution in [3.05, 3.63) is 59.7 Å². The van der Waals surface area contributed by atoms with E-state index < -0.39 is 23.9 Å². The van der Waals surface area contributed by atoms with E-state index in [0.29, 0.717) is 29.3 Å². The molecule has 0 spiro atoms. The van der Waals surface area contributed by atoms with Crippen LogP contribution in [0, 0.1) is 0 Å². The number of methoxy groups -OCH3 is 1. The lowest BCUT2D eigenvalue weighted by molar-refractivity contribution is -0.123. The molecule has 3 amide bonds. The number of hydrogen-bond donors (Lipinski definition) is 3. The van der Waals surface area contributed by atoms with Crippen molar-refractivity contribution in [3.8, 4) is 0 Å². The van der Waals surface area contributed by atoms with Gasteiger partial charge in [-0.1, -0.05) is 12.1 Å². The number of nitrogens with one attached hydrogen (secondary N) is 2. The van der Waals surface area contributed by atoms with Crippen LogP contribution in [0.5, 0.6) is 0 Å². The molecule has 4 N–H and O–H groups in total. The van der Waals surface area contributed by atoms with Crippen molar-refractivity contribution in [2.24, 2.45) is 5.73 Å². The van der Waals surface area contributed by atoms with Crippen LogP contribution in [0.15, 0.2) is 53.4 Å². The maximum absolute atomic E-state index is 12.6. The van der Waals surface area contributed by atoms with Gasteiger partial charge in [0.25, 0.3) is 5.91 Å². The molecule has 2 aromatic carbocycles. The SMILES string of the molecule is COCCNC(=O)CSc1ccccc1C(=O)OC(C)C(=O)Nc1ccc(C(N)=O)cc1. The van der Waals surface area contributed by atoms with Crippen molar-refractivity contribution in [2.45, 2.75) is 17.9 Å². The number of amides is 3. The molecule has 32 heavy (non-hydrogen) atoms. The van der Waals surface area contributed by atoms with Gasteiger partial charge in [0.15, 0.2) is 6.10 Å². The maximum atomic E-state index is 12.6. The Labute approximate surface area is 190 Å². The second-order valence-corrected chi connectivity index (χ2v) is 7.62. The van der Waals surface area contributed by atoms with Crippen LogP contribution in [0.1, 0.15) is 27.6 Å². The van der Waals surface area contributed by atoms with E-state index in [9.17, 15) is 19.2 Å². The molecule has 0 aliphatic carbocycles. The number of carbonyl (C=O) groups excluding carboxylic acids is 4. The molecule has 0 heterocycles. The van der Waals surface area contributed by atoms with Gasteiger partial charge in [-0.25, -0.2) is 4.79 Å². The second-order valence-electron chi connectivity index (χ2n) is 6.61. The highest BCUT2D eigenvalue weighted by atomic mass is 32.2. The van der Waals surface area contributed by atoms with Crippen LogP contribution in [0.2, 0.25) is 0 Å². The fraction of sp³-hybridized carbons (Fsp3) is 0.273. The van der Waals surface area contributed by atoms with Crippen LogP contribution >= 0.6 is 11.8 Å². The van der Waals surface area contributed by atoms with E-state index in [-0.39, 0.29) is 17.2 Å². The van der Waals surface area contributed by atoms with E-state index in [2.05, 4.69) is 10.6 Å². The quantitative estimate of drug-likeness (QED) is 0.265. The summed E-state index contributed by atoms with van der Waals surface area (Å²) in [6.45, 7) is 2.26. The van der Waals surface area contributed by atoms with Crippen LogP contribution in [-0.2, 0) is 19.1 Å². The zero-order valence-electron chi connectivity index (χ0n) is 17.8. The zero-order valence-corrected chi connectivity index (χ0v) is 18.6. The van der Waals surface area contributed by atoms with Crippen LogP contribution in [0.25, 0.3) is 0 Å². The lowest BCUT2D eigenvalue weighted by atomic mass is 10.2. The number of anilines is 1. The first-order valence-electron chi connectivity index (χ1n) is 9.71. The number of carbonyl (C=O) groups is 4. The number of nitrogens with two attached hydrogens (primary N) is 1. The van der Waals surface area contributed by atoms with Crippen LogP contribution in [0.3, 0.4) is 0 Å². The number of primary amides is 1. The third-order valence-corrected chi connectivity index (χ3v) is 5.26. The molecule has 0 aliphatic rings. The van der Waals surface area contributed by atoms with Gasteiger partial charge in [0, 0.05) is 29.8 Å². The number of thioether (sulfide) groups is 1. The van der Waals surface area contributed by atoms with E-state index in [1.165, 1.54) is 43.0 Å². The highest BCUT2D eigenvalue weighted by Crippen LogP contribution is 2.23. The first kappa shape index (κ1) is 24.9. The minimum atomic E-state index is -1.08. The van der Waals surface area contributed by atoms with Crippen LogP contribution < -0.4 is 16.4 Å². The number of hydrogen-bond acceptors (Lipinski definition) is 7. The normalized spacial score (nSPS) is 11.3. The van der Waals surface area contributed by atoms with Crippen molar-refractivity contribution >= 4 is 41.1 Å². The largest absolute Gasteiger partial charge is 0.449 e. The first-order chi connectivity index (χ1) is 15.3. The van der Waals surface area contributed by atoms with Gasteiger partial charge >= 0.3 is 5.97 Å². The third kappa shape index (κ3) is 7.71. The van der Waals surface area contributed by atoms with Gasteiger partial charge in [-0.15, -0.1) is 11.8 Å². The molecule has 0 aromatic heterocycles. The maximum Gasteiger partial charge on any atom is 0.340 e. The molecular formula is C22H25N3O6S. The second kappa shape index (κ2) is 12.5. The van der Waals surface area contributed by atoms with Gasteiger partial charge in [0.2, 0.25) is 11.8 Å². The number of benzene rings is 2. The summed E-state index contributed by atoms with van der Waals surface area (Å²) >= 11 is 1.19. The van der Waals surface area contributed by atoms with Gasteiger partial charge in [-0.05, 0) is 43.3 Å². The number of esters is 1. The highest BCUT2D eigenvalue weighted by Gasteiger charge is 2.21. The topological polar surface area (TPSA) is 137 Å². The summed E-state index contributed by atoms with van der Waals surface area (Å²) in [4.78, 5) is 48.6. The Morgan fingerprint density at radius 1 is 1.06 bits per heavy atom. The Morgan fingerprint density at radius 3 is 2.41 bits per heavy atom. The molecular weight excluding hydrogens is 434 g/mol. The Balaban J connectivity index is 1.94. The summed E-state index contributed by atoms with van der Waals surface area (Å²) in [5.41, 5.74) is 6.18. The Hall–Kier alpha value is -3.37. The molecule has 0 saturated carbocycles. The molecule has 0 radical (unpaired) electrons. The third-order valence-electron chi connectivity index (χ3n) is 4.18. The minimum absolute atomic E-state index is 0.116. The minimum Gasteiger partial charge on any atom is -0.449 e. The molecule has 10 heteroatoms. The molecule has 0 saturated heterocycles. The Kier molecular flexibility index (Phi) is 9.71. The van der Waals surface area contributed by atoms with Gasteiger partial charge in [0.05, 0.1) is 17.9 Å². The number of rotatable bonds is 11. The van der Waals surface area contributed by atoms with Crippen molar-refractivity contribution in [3.63, 3.8) is 0 Å². The summed E-state index contributed by atoms with van der Waals surface area (Å²) < 4.78 is 10.2. The summed E-state index contributed by atoms with van der Waals surface area (Å²) in [5, 5.41) is 5.31. The average Bonchev–Trinajstić information content (AvgIpc) is 2.78. The van der Waals surface area contributed by atoms with E-state index in [1.807, 2.05) is 0 Å². The molecule has 0 aliphatic heterocycles. The molecule has 2 aromatic rings. The van der Waals surface area contributed by atoms with Crippen LogP contribution in [-0.4, -0.2) is 55.8 Å². The standard InChI is InChI=1S/C22H25N3O6S/c1-14(21(28)25-16-9-7-15(8-10-16)20(23)27)31-22(29)17-5-3-4-6-18(17)32-13-19(26)24-11-12-30-2/h3-10,14H,11-13H2,1-2H3,(H2,23,27)(H,24,26)(H,25,28). The lowest BCUT2D eigenvalue weighted by Crippen LogP contribution is -2.30. The fourth-order valence-electron chi connectivity index (χ4n) is 2.49. The molecule has 0 fully saturated rings. The van der Waals surface area contributed by atoms with Crippen molar-refractivity contribution < 1.29 is 28.7 Å². The highest BCUT2D eigenvalue weighted by molar-refractivity contribution is 8.00. The molecule has 2 rings (SSSR count). The van der Waals surface area contributed by atoms with Crippen molar-refractivity contribution in [2.75, 3.05) is 31.3 Å². The Morgan fingerprint density at radius 2 is 1.75 bits per heavy atom. The van der Waals surface area contributed by atoms with Gasteiger partial charge < -0.3 is 25.8 Å².